The van der Waals surface area contributed by atoms with Crippen LogP contribution < -0.4 is 9.47 Å². The van der Waals surface area contributed by atoms with Crippen molar-refractivity contribution in [1.82, 2.24) is 0 Å². The van der Waals surface area contributed by atoms with Crippen LogP contribution in [0.3, 0.4) is 0 Å². The van der Waals surface area contributed by atoms with Crippen LogP contribution in [-0.2, 0) is 19.1 Å². The van der Waals surface area contributed by atoms with Gasteiger partial charge in [-0.1, -0.05) is 77.0 Å². The van der Waals surface area contributed by atoms with Crippen LogP contribution in [0.25, 0.3) is 11.1 Å². The van der Waals surface area contributed by atoms with Gasteiger partial charge in [0.25, 0.3) is 0 Å². The van der Waals surface area contributed by atoms with Crippen LogP contribution in [-0.4, -0.2) is 44.1 Å². The van der Waals surface area contributed by atoms with E-state index in [1.165, 1.54) is 51.4 Å². The Labute approximate surface area is 276 Å². The van der Waals surface area contributed by atoms with Crippen LogP contribution in [0.2, 0.25) is 0 Å². The van der Waals surface area contributed by atoms with E-state index in [0.29, 0.717) is 50.4 Å². The Morgan fingerprint density at radius 1 is 0.478 bits per heavy atom. The molecule has 0 fully saturated rings. The molecule has 0 atom stereocenters. The lowest BCUT2D eigenvalue weighted by Crippen LogP contribution is -2.03. The Kier molecular flexibility index (Phi) is 17.9. The van der Waals surface area contributed by atoms with Gasteiger partial charge in [0.1, 0.15) is 11.5 Å². The highest BCUT2D eigenvalue weighted by Crippen LogP contribution is 2.40. The zero-order valence-electron chi connectivity index (χ0n) is 28.4. The van der Waals surface area contributed by atoms with Crippen molar-refractivity contribution in [1.29, 1.82) is 0 Å². The van der Waals surface area contributed by atoms with Crippen molar-refractivity contribution < 1.29 is 33.3 Å². The Balaban J connectivity index is 1.25. The van der Waals surface area contributed by atoms with Crippen molar-refractivity contribution >= 4 is 17.7 Å². The maximum Gasteiger partial charge on any atom is 0.305 e. The van der Waals surface area contributed by atoms with Crippen molar-refractivity contribution in [3.05, 3.63) is 47.5 Å². The first kappa shape index (κ1) is 37.1. The van der Waals surface area contributed by atoms with Crippen molar-refractivity contribution in [2.75, 3.05) is 26.4 Å². The van der Waals surface area contributed by atoms with Crippen LogP contribution in [0.15, 0.2) is 36.4 Å². The van der Waals surface area contributed by atoms with Crippen LogP contribution >= 0.6 is 0 Å². The Morgan fingerprint density at radius 2 is 0.826 bits per heavy atom. The summed E-state index contributed by atoms with van der Waals surface area (Å²) < 4.78 is 21.9. The molecule has 46 heavy (non-hydrogen) atoms. The topological polar surface area (TPSA) is 88.1 Å². The Hall–Kier alpha value is -3.35. The summed E-state index contributed by atoms with van der Waals surface area (Å²) in [6, 6.07) is 11.7. The van der Waals surface area contributed by atoms with E-state index in [2.05, 4.69) is 0 Å². The number of esters is 2. The van der Waals surface area contributed by atoms with Gasteiger partial charge in [0.05, 0.1) is 26.4 Å². The standard InChI is InChI=1S/C39H56O7/c1-3-43-37(40)21-17-13-9-5-7-11-15-19-27-45-31-23-25-33-34-26-24-32(30-36(34)39(42)35(33)29-31)46-28-20-16-12-8-6-10-14-18-22-38(41)44-4-2/h23-26,29-30H,3-22,27-28H2,1-2H3. The number of hydrogen-bond donors (Lipinski definition) is 0. The van der Waals surface area contributed by atoms with Gasteiger partial charge in [-0.05, 0) is 87.1 Å². The van der Waals surface area contributed by atoms with Gasteiger partial charge in [0.2, 0.25) is 0 Å². The second-order valence-corrected chi connectivity index (χ2v) is 12.2. The molecule has 0 N–H and O–H groups in total. The summed E-state index contributed by atoms with van der Waals surface area (Å²) >= 11 is 0. The fourth-order valence-electron chi connectivity index (χ4n) is 5.93. The molecule has 1 aliphatic carbocycles. The molecule has 0 saturated carbocycles. The van der Waals surface area contributed by atoms with Crippen LogP contribution in [0.4, 0.5) is 0 Å². The second kappa shape index (κ2) is 22.2. The molecule has 0 aliphatic heterocycles. The van der Waals surface area contributed by atoms with Crippen LogP contribution in [0.5, 0.6) is 11.5 Å². The third-order valence-corrected chi connectivity index (χ3v) is 8.46. The van der Waals surface area contributed by atoms with E-state index in [4.69, 9.17) is 18.9 Å². The molecule has 0 spiro atoms. The molecule has 1 aliphatic rings. The molecule has 254 valence electrons. The van der Waals surface area contributed by atoms with E-state index in [0.717, 1.165) is 74.0 Å². The van der Waals surface area contributed by atoms with Crippen molar-refractivity contribution in [3.63, 3.8) is 0 Å². The van der Waals surface area contributed by atoms with Crippen molar-refractivity contribution in [2.45, 2.75) is 129 Å². The van der Waals surface area contributed by atoms with E-state index in [1.54, 1.807) is 0 Å². The number of benzene rings is 2. The average molecular weight is 637 g/mol. The van der Waals surface area contributed by atoms with Crippen molar-refractivity contribution in [2.24, 2.45) is 0 Å². The van der Waals surface area contributed by atoms with Gasteiger partial charge >= 0.3 is 11.9 Å². The quantitative estimate of drug-likeness (QED) is 0.0640. The van der Waals surface area contributed by atoms with Gasteiger partial charge < -0.3 is 18.9 Å². The van der Waals surface area contributed by atoms with E-state index < -0.39 is 0 Å². The number of carbonyl (C=O) groups excluding carboxylic acids is 3. The smallest absolute Gasteiger partial charge is 0.305 e. The minimum absolute atomic E-state index is 0.0328. The van der Waals surface area contributed by atoms with E-state index in [9.17, 15) is 14.4 Å². The highest BCUT2D eigenvalue weighted by Gasteiger charge is 2.27. The zero-order chi connectivity index (χ0) is 32.8. The summed E-state index contributed by atoms with van der Waals surface area (Å²) in [6.45, 7) is 5.90. The fraction of sp³-hybridized carbons (Fsp3) is 0.615. The minimum Gasteiger partial charge on any atom is -0.494 e. The molecule has 3 rings (SSSR count). The largest absolute Gasteiger partial charge is 0.494 e. The lowest BCUT2D eigenvalue weighted by molar-refractivity contribution is -0.144. The molecule has 0 heterocycles. The number of carbonyl (C=O) groups is 3. The fourth-order valence-corrected chi connectivity index (χ4v) is 5.93. The summed E-state index contributed by atoms with van der Waals surface area (Å²) in [5.74, 6) is 1.36. The molecule has 0 saturated heterocycles. The van der Waals surface area contributed by atoms with Crippen LogP contribution in [0, 0.1) is 0 Å². The van der Waals surface area contributed by atoms with Gasteiger partial charge in [-0.15, -0.1) is 0 Å². The van der Waals surface area contributed by atoms with Gasteiger partial charge in [0, 0.05) is 24.0 Å². The average Bonchev–Trinajstić information content (AvgIpc) is 3.33. The lowest BCUT2D eigenvalue weighted by atomic mass is 10.1. The molecule has 2 aromatic rings. The van der Waals surface area contributed by atoms with E-state index in [1.807, 2.05) is 50.2 Å². The molecule has 0 bridgehead atoms. The predicted octanol–water partition coefficient (Wildman–Crippen LogP) is 9.80. The van der Waals surface area contributed by atoms with Crippen LogP contribution in [0.1, 0.15) is 145 Å². The first-order valence-electron chi connectivity index (χ1n) is 17.9. The molecule has 0 radical (unpaired) electrons. The summed E-state index contributed by atoms with van der Waals surface area (Å²) in [6.07, 6.45) is 18.8. The molecule has 7 nitrogen and oxygen atoms in total. The molecule has 0 aromatic heterocycles. The summed E-state index contributed by atoms with van der Waals surface area (Å²) in [5.41, 5.74) is 3.33. The molecule has 0 unspecified atom stereocenters. The first-order valence-corrected chi connectivity index (χ1v) is 17.9. The number of ether oxygens (including phenoxy) is 4. The highest BCUT2D eigenvalue weighted by atomic mass is 16.5. The molecule has 7 heteroatoms. The van der Waals surface area contributed by atoms with E-state index in [-0.39, 0.29) is 17.7 Å². The number of rotatable bonds is 26. The summed E-state index contributed by atoms with van der Waals surface area (Å²) in [4.78, 5) is 36.0. The molecular formula is C39H56O7. The maximum absolute atomic E-state index is 13.2. The van der Waals surface area contributed by atoms with Gasteiger partial charge in [0.15, 0.2) is 5.78 Å². The first-order chi connectivity index (χ1) is 22.5. The SMILES string of the molecule is CCOC(=O)CCCCCCCCCCOc1ccc2c(c1)C(=O)c1cc(OCCCCCCCCCCC(=O)OCC)ccc1-2. The number of hydrogen-bond acceptors (Lipinski definition) is 7. The number of ketones is 1. The zero-order valence-corrected chi connectivity index (χ0v) is 28.4. The third kappa shape index (κ3) is 13.6. The minimum atomic E-state index is -0.0824. The normalized spacial score (nSPS) is 11.7. The van der Waals surface area contributed by atoms with Gasteiger partial charge in [-0.3, -0.25) is 14.4 Å². The van der Waals surface area contributed by atoms with Gasteiger partial charge in [-0.2, -0.15) is 0 Å². The Morgan fingerprint density at radius 3 is 1.20 bits per heavy atom. The maximum atomic E-state index is 13.2. The molecular weight excluding hydrogens is 580 g/mol. The third-order valence-electron chi connectivity index (χ3n) is 8.46. The Bertz CT molecular complexity index is 1110. The molecule has 0 amide bonds. The lowest BCUT2D eigenvalue weighted by Gasteiger charge is -2.08. The molecule has 2 aromatic carbocycles. The van der Waals surface area contributed by atoms with E-state index >= 15 is 0 Å². The predicted molar refractivity (Wildman–Crippen MR) is 183 cm³/mol. The van der Waals surface area contributed by atoms with Crippen molar-refractivity contribution in [3.8, 4) is 22.6 Å². The number of unbranched alkanes of at least 4 members (excludes halogenated alkanes) is 14. The second-order valence-electron chi connectivity index (χ2n) is 12.2. The highest BCUT2D eigenvalue weighted by molar-refractivity contribution is 6.22. The monoisotopic (exact) mass is 636 g/mol. The van der Waals surface area contributed by atoms with Gasteiger partial charge in [-0.25, -0.2) is 0 Å². The summed E-state index contributed by atoms with van der Waals surface area (Å²) in [7, 11) is 0. The summed E-state index contributed by atoms with van der Waals surface area (Å²) in [5, 5.41) is 0. The number of fused-ring (bicyclic) bond motifs is 3.